The lowest BCUT2D eigenvalue weighted by Crippen LogP contribution is -2.11. The Balaban J connectivity index is 2.65. The van der Waals surface area contributed by atoms with Gasteiger partial charge in [-0.2, -0.15) is 13.2 Å². The number of unbranched alkanes of at least 4 members (excludes halogenated alkanes) is 3. The fourth-order valence-electron chi connectivity index (χ4n) is 1.65. The maximum atomic E-state index is 12.6. The summed E-state index contributed by atoms with van der Waals surface area (Å²) >= 11 is 5.47. The molecule has 0 amide bonds. The zero-order valence-electron chi connectivity index (χ0n) is 11.1. The Bertz CT molecular complexity index is 458. The minimum atomic E-state index is -4.59. The molecule has 0 aromatic heterocycles. The first-order chi connectivity index (χ1) is 9.36. The highest BCUT2D eigenvalue weighted by Crippen LogP contribution is 2.35. The Morgan fingerprint density at radius 1 is 1.25 bits per heavy atom. The average molecular weight is 309 g/mol. The van der Waals surface area contributed by atoms with Gasteiger partial charge in [0.1, 0.15) is 0 Å². The maximum Gasteiger partial charge on any atom is 0.417 e. The van der Waals surface area contributed by atoms with Gasteiger partial charge >= 0.3 is 12.1 Å². The highest BCUT2D eigenvalue weighted by Gasteiger charge is 2.33. The van der Waals surface area contributed by atoms with Gasteiger partial charge in [-0.3, -0.25) is 0 Å². The van der Waals surface area contributed by atoms with Crippen LogP contribution in [0.2, 0.25) is 5.02 Å². The second-order valence-electron chi connectivity index (χ2n) is 4.39. The molecular weight excluding hydrogens is 293 g/mol. The van der Waals surface area contributed by atoms with Crippen molar-refractivity contribution >= 4 is 17.6 Å². The van der Waals surface area contributed by atoms with Gasteiger partial charge in [-0.25, -0.2) is 4.79 Å². The first kappa shape index (κ1) is 16.8. The quantitative estimate of drug-likeness (QED) is 0.540. The lowest BCUT2D eigenvalue weighted by atomic mass is 10.1. The van der Waals surface area contributed by atoms with Crippen LogP contribution in [0.15, 0.2) is 18.2 Å². The molecule has 0 aliphatic carbocycles. The SMILES string of the molecule is CCCCCCOC(=O)c1ccc(Cl)c(C(F)(F)F)c1. The van der Waals surface area contributed by atoms with Crippen molar-refractivity contribution < 1.29 is 22.7 Å². The van der Waals surface area contributed by atoms with Gasteiger partial charge in [-0.15, -0.1) is 0 Å². The third kappa shape index (κ3) is 5.04. The van der Waals surface area contributed by atoms with Crippen molar-refractivity contribution in [2.24, 2.45) is 0 Å². The molecule has 1 aromatic carbocycles. The molecule has 0 spiro atoms. The van der Waals surface area contributed by atoms with Crippen LogP contribution in [0.25, 0.3) is 0 Å². The van der Waals surface area contributed by atoms with Crippen LogP contribution in [0.3, 0.4) is 0 Å². The van der Waals surface area contributed by atoms with Crippen LogP contribution in [-0.2, 0) is 10.9 Å². The molecule has 0 unspecified atom stereocenters. The van der Waals surface area contributed by atoms with E-state index < -0.39 is 22.7 Å². The zero-order chi connectivity index (χ0) is 15.2. The van der Waals surface area contributed by atoms with E-state index in [0.717, 1.165) is 31.4 Å². The van der Waals surface area contributed by atoms with Gasteiger partial charge in [0.05, 0.1) is 22.8 Å². The van der Waals surface area contributed by atoms with Gasteiger partial charge in [0, 0.05) is 0 Å². The molecule has 0 bridgehead atoms. The topological polar surface area (TPSA) is 26.3 Å². The first-order valence-electron chi connectivity index (χ1n) is 6.40. The van der Waals surface area contributed by atoms with E-state index >= 15 is 0 Å². The molecule has 0 radical (unpaired) electrons. The van der Waals surface area contributed by atoms with E-state index in [4.69, 9.17) is 16.3 Å². The standard InChI is InChI=1S/C14H16ClF3O2/c1-2-3-4-5-8-20-13(19)10-6-7-12(15)11(9-10)14(16,17)18/h6-7,9H,2-5,8H2,1H3. The van der Waals surface area contributed by atoms with Crippen molar-refractivity contribution in [3.8, 4) is 0 Å². The van der Waals surface area contributed by atoms with Gasteiger partial charge in [-0.05, 0) is 24.6 Å². The van der Waals surface area contributed by atoms with Crippen molar-refractivity contribution in [3.05, 3.63) is 34.3 Å². The Kier molecular flexibility index (Phi) is 6.33. The van der Waals surface area contributed by atoms with Crippen molar-refractivity contribution in [2.45, 2.75) is 38.8 Å². The summed E-state index contributed by atoms with van der Waals surface area (Å²) in [4.78, 5) is 11.6. The number of esters is 1. The summed E-state index contributed by atoms with van der Waals surface area (Å²) in [5.74, 6) is -0.760. The van der Waals surface area contributed by atoms with Crippen LogP contribution >= 0.6 is 11.6 Å². The van der Waals surface area contributed by atoms with E-state index in [0.29, 0.717) is 6.42 Å². The summed E-state index contributed by atoms with van der Waals surface area (Å²) in [5, 5.41) is -0.433. The molecule has 0 saturated heterocycles. The maximum absolute atomic E-state index is 12.6. The Labute approximate surface area is 120 Å². The molecule has 0 saturated carbocycles. The van der Waals surface area contributed by atoms with Gasteiger partial charge < -0.3 is 4.74 Å². The summed E-state index contributed by atoms with van der Waals surface area (Å²) in [6.45, 7) is 2.27. The highest BCUT2D eigenvalue weighted by atomic mass is 35.5. The summed E-state index contributed by atoms with van der Waals surface area (Å²) in [6.07, 6.45) is -0.858. The molecule has 6 heteroatoms. The lowest BCUT2D eigenvalue weighted by Gasteiger charge is -2.10. The molecule has 112 valence electrons. The number of hydrogen-bond acceptors (Lipinski definition) is 2. The average Bonchev–Trinajstić information content (AvgIpc) is 2.37. The molecule has 1 aromatic rings. The van der Waals surface area contributed by atoms with E-state index in [-0.39, 0.29) is 12.2 Å². The van der Waals surface area contributed by atoms with Crippen LogP contribution in [0, 0.1) is 0 Å². The van der Waals surface area contributed by atoms with Gasteiger partial charge in [0.15, 0.2) is 0 Å². The minimum Gasteiger partial charge on any atom is -0.462 e. The number of carbonyl (C=O) groups excluding carboxylic acids is 1. The Morgan fingerprint density at radius 2 is 1.95 bits per heavy atom. The molecule has 0 heterocycles. The molecular formula is C14H16ClF3O2. The molecule has 1 rings (SSSR count). The predicted molar refractivity (Wildman–Crippen MR) is 70.9 cm³/mol. The molecule has 0 aliphatic heterocycles. The number of hydrogen-bond donors (Lipinski definition) is 0. The molecule has 2 nitrogen and oxygen atoms in total. The molecule has 20 heavy (non-hydrogen) atoms. The monoisotopic (exact) mass is 308 g/mol. The highest BCUT2D eigenvalue weighted by molar-refractivity contribution is 6.31. The Morgan fingerprint density at radius 3 is 2.55 bits per heavy atom. The molecule has 0 N–H and O–H groups in total. The summed E-state index contributed by atoms with van der Waals surface area (Å²) < 4.78 is 42.9. The number of halogens is 4. The van der Waals surface area contributed by atoms with Crippen LogP contribution < -0.4 is 0 Å². The van der Waals surface area contributed by atoms with Gasteiger partial charge in [0.2, 0.25) is 0 Å². The lowest BCUT2D eigenvalue weighted by molar-refractivity contribution is -0.137. The van der Waals surface area contributed by atoms with Crippen LogP contribution in [-0.4, -0.2) is 12.6 Å². The van der Waals surface area contributed by atoms with Crippen molar-refractivity contribution in [1.29, 1.82) is 0 Å². The summed E-state index contributed by atoms with van der Waals surface area (Å²) in [5.41, 5.74) is -1.17. The zero-order valence-corrected chi connectivity index (χ0v) is 11.9. The summed E-state index contributed by atoms with van der Waals surface area (Å²) in [6, 6.07) is 3.00. The smallest absolute Gasteiger partial charge is 0.417 e. The van der Waals surface area contributed by atoms with Gasteiger partial charge in [-0.1, -0.05) is 37.8 Å². The third-order valence-electron chi connectivity index (χ3n) is 2.74. The third-order valence-corrected chi connectivity index (χ3v) is 3.07. The van der Waals surface area contributed by atoms with Crippen molar-refractivity contribution in [2.75, 3.05) is 6.61 Å². The number of benzene rings is 1. The van der Waals surface area contributed by atoms with Crippen LogP contribution in [0.4, 0.5) is 13.2 Å². The van der Waals surface area contributed by atoms with Crippen LogP contribution in [0.5, 0.6) is 0 Å². The number of alkyl halides is 3. The minimum absolute atomic E-state index is 0.141. The number of ether oxygens (including phenoxy) is 1. The normalized spacial score (nSPS) is 11.4. The van der Waals surface area contributed by atoms with E-state index in [1.54, 1.807) is 0 Å². The fraction of sp³-hybridized carbons (Fsp3) is 0.500. The van der Waals surface area contributed by atoms with Crippen molar-refractivity contribution in [3.63, 3.8) is 0 Å². The van der Waals surface area contributed by atoms with Crippen molar-refractivity contribution in [1.82, 2.24) is 0 Å². The van der Waals surface area contributed by atoms with Gasteiger partial charge in [0.25, 0.3) is 0 Å². The molecule has 0 fully saturated rings. The first-order valence-corrected chi connectivity index (χ1v) is 6.78. The molecule has 0 aliphatic rings. The fourth-order valence-corrected chi connectivity index (χ4v) is 1.87. The summed E-state index contributed by atoms with van der Waals surface area (Å²) in [7, 11) is 0. The van der Waals surface area contributed by atoms with E-state index in [2.05, 4.69) is 6.92 Å². The Hall–Kier alpha value is -1.23. The van der Waals surface area contributed by atoms with E-state index in [1.807, 2.05) is 0 Å². The molecule has 0 atom stereocenters. The largest absolute Gasteiger partial charge is 0.462 e. The number of rotatable bonds is 6. The van der Waals surface area contributed by atoms with Crippen LogP contribution in [0.1, 0.15) is 48.5 Å². The predicted octanol–water partition coefficient (Wildman–Crippen LogP) is 5.10. The van der Waals surface area contributed by atoms with E-state index in [9.17, 15) is 18.0 Å². The second-order valence-corrected chi connectivity index (χ2v) is 4.80. The number of carbonyl (C=O) groups is 1. The second kappa shape index (κ2) is 7.53. The van der Waals surface area contributed by atoms with E-state index in [1.165, 1.54) is 6.07 Å².